The van der Waals surface area contributed by atoms with Crippen molar-refractivity contribution >= 4 is 12.2 Å². The second kappa shape index (κ2) is 28.0. The lowest BCUT2D eigenvalue weighted by molar-refractivity contribution is 0.106. The van der Waals surface area contributed by atoms with E-state index in [0.29, 0.717) is 11.8 Å². The molecule has 0 aromatic heterocycles. The SMILES string of the molecule is C=Cc1ccc(C(C#CCCC(CCCC)C(C)CC2=C(/C)CCc3ccccc3/C=C\2)c2ccc(F)cc2)cc1.CCc1ccc(C(c2ccc(F)cc2)N2CCN(CCCN3CCCC3)CC2)cc1. The summed E-state index contributed by atoms with van der Waals surface area (Å²) < 4.78 is 27.2. The van der Waals surface area contributed by atoms with E-state index in [1.165, 1.54) is 116 Å². The number of allylic oxidation sites excluding steroid dienone is 3. The van der Waals surface area contributed by atoms with Crippen LogP contribution in [0.1, 0.15) is 148 Å². The highest BCUT2D eigenvalue weighted by molar-refractivity contribution is 5.58. The van der Waals surface area contributed by atoms with Gasteiger partial charge in [0.25, 0.3) is 0 Å². The molecule has 0 bridgehead atoms. The minimum Gasteiger partial charge on any atom is -0.303 e. The van der Waals surface area contributed by atoms with Gasteiger partial charge in [-0.1, -0.05) is 173 Å². The van der Waals surface area contributed by atoms with Gasteiger partial charge in [-0.3, -0.25) is 4.90 Å². The van der Waals surface area contributed by atoms with Crippen LogP contribution in [0.4, 0.5) is 8.78 Å². The van der Waals surface area contributed by atoms with E-state index in [2.05, 4.69) is 146 Å². The molecule has 0 amide bonds. The first-order chi connectivity index (χ1) is 34.7. The summed E-state index contributed by atoms with van der Waals surface area (Å²) in [5, 5.41) is 0. The smallest absolute Gasteiger partial charge is 0.123 e. The zero-order valence-corrected chi connectivity index (χ0v) is 43.5. The van der Waals surface area contributed by atoms with Gasteiger partial charge in [-0.2, -0.15) is 0 Å². The number of fused-ring (bicyclic) bond motifs is 1. The van der Waals surface area contributed by atoms with E-state index in [-0.39, 0.29) is 23.6 Å². The lowest BCUT2D eigenvalue weighted by Gasteiger charge is -2.40. The maximum absolute atomic E-state index is 13.7. The Hall–Kier alpha value is -5.38. The average Bonchev–Trinajstić information content (AvgIpc) is 3.93. The van der Waals surface area contributed by atoms with Crippen LogP contribution in [-0.4, -0.2) is 67.1 Å². The van der Waals surface area contributed by atoms with Crippen molar-refractivity contribution < 1.29 is 8.78 Å². The van der Waals surface area contributed by atoms with Gasteiger partial charge in [0.1, 0.15) is 11.6 Å². The van der Waals surface area contributed by atoms with Gasteiger partial charge < -0.3 is 9.80 Å². The standard InChI is InChI=1S/C40H45F.C26H36FN3/c1-5-7-12-33(31(4)29-38-24-23-35-15-9-8-14-34(35)20-17-30(38)3)13-10-11-16-40(37-25-27-39(41)28-26-37)36-21-18-32(6-2)19-22-36;1-2-22-6-8-23(9-7-22)26(24-10-12-25(27)13-11-24)30-20-18-29(19-21-30)17-5-16-28-14-3-4-15-28/h6,8-9,14-15,18-19,21-28,31,33,40H,2,5,7,10,12-13,17,20,29H2,1,3-4H3;6-13,26H,2-5,14-21H2,1H3/b24-23-,38-30-;. The highest BCUT2D eigenvalue weighted by Gasteiger charge is 2.27. The summed E-state index contributed by atoms with van der Waals surface area (Å²) in [7, 11) is 0. The highest BCUT2D eigenvalue weighted by Crippen LogP contribution is 2.34. The average molecular weight is 954 g/mol. The quantitative estimate of drug-likeness (QED) is 0.0764. The molecule has 8 rings (SSSR count). The molecule has 5 aromatic rings. The summed E-state index contributed by atoms with van der Waals surface area (Å²) in [5.74, 6) is 7.89. The van der Waals surface area contributed by atoms with Gasteiger partial charge >= 0.3 is 0 Å². The molecule has 1 aliphatic carbocycles. The minimum absolute atomic E-state index is 0.0725. The van der Waals surface area contributed by atoms with Gasteiger partial charge in [0.15, 0.2) is 0 Å². The third-order valence-corrected chi connectivity index (χ3v) is 15.5. The number of nitrogens with zero attached hydrogens (tertiary/aromatic N) is 3. The van der Waals surface area contributed by atoms with Gasteiger partial charge in [-0.05, 0) is 171 Å². The Kier molecular flexibility index (Phi) is 21.1. The van der Waals surface area contributed by atoms with Crippen LogP contribution in [0.25, 0.3) is 12.2 Å². The zero-order chi connectivity index (χ0) is 49.8. The maximum atomic E-state index is 13.7. The van der Waals surface area contributed by atoms with Crippen LogP contribution in [0.3, 0.4) is 0 Å². The molecule has 2 heterocycles. The Balaban J connectivity index is 0.000000219. The molecule has 71 heavy (non-hydrogen) atoms. The summed E-state index contributed by atoms with van der Waals surface area (Å²) >= 11 is 0. The lowest BCUT2D eigenvalue weighted by atomic mass is 9.80. The van der Waals surface area contributed by atoms with E-state index in [0.717, 1.165) is 81.4 Å². The van der Waals surface area contributed by atoms with Gasteiger partial charge in [-0.15, -0.1) is 5.92 Å². The fraction of sp³-hybridized carbons (Fsp3) is 0.424. The van der Waals surface area contributed by atoms with Crippen molar-refractivity contribution in [3.63, 3.8) is 0 Å². The second-order valence-corrected chi connectivity index (χ2v) is 20.5. The van der Waals surface area contributed by atoms with Crippen LogP contribution < -0.4 is 0 Å². The van der Waals surface area contributed by atoms with Crippen LogP contribution in [0.15, 0.2) is 145 Å². The third-order valence-electron chi connectivity index (χ3n) is 15.5. The van der Waals surface area contributed by atoms with E-state index in [9.17, 15) is 8.78 Å². The van der Waals surface area contributed by atoms with Crippen molar-refractivity contribution in [3.8, 4) is 11.8 Å². The first kappa shape index (κ1) is 53.4. The van der Waals surface area contributed by atoms with Crippen LogP contribution in [0, 0.1) is 35.3 Å². The van der Waals surface area contributed by atoms with Crippen molar-refractivity contribution in [3.05, 3.63) is 201 Å². The number of rotatable bonds is 19. The van der Waals surface area contributed by atoms with Crippen molar-refractivity contribution in [2.45, 2.75) is 117 Å². The summed E-state index contributed by atoms with van der Waals surface area (Å²) in [6.45, 7) is 22.5. The first-order valence-electron chi connectivity index (χ1n) is 27.1. The molecule has 2 fully saturated rings. The van der Waals surface area contributed by atoms with Gasteiger partial charge in [0, 0.05) is 32.6 Å². The number of unbranched alkanes of at least 4 members (excludes halogenated alkanes) is 1. The predicted molar refractivity (Wildman–Crippen MR) is 297 cm³/mol. The number of benzene rings is 5. The number of aryl methyl sites for hydroxylation is 2. The molecule has 0 radical (unpaired) electrons. The van der Waals surface area contributed by atoms with Gasteiger partial charge in [-0.25, -0.2) is 8.78 Å². The molecule has 5 aromatic carbocycles. The largest absolute Gasteiger partial charge is 0.303 e. The Morgan fingerprint density at radius 2 is 1.24 bits per heavy atom. The Morgan fingerprint density at radius 3 is 1.86 bits per heavy atom. The van der Waals surface area contributed by atoms with E-state index in [1.54, 1.807) is 12.1 Å². The Morgan fingerprint density at radius 1 is 0.648 bits per heavy atom. The molecule has 2 saturated heterocycles. The van der Waals surface area contributed by atoms with E-state index in [4.69, 9.17) is 0 Å². The lowest BCUT2D eigenvalue weighted by Crippen LogP contribution is -2.48. The highest BCUT2D eigenvalue weighted by atomic mass is 19.1. The molecular formula is C66H81F2N3. The van der Waals surface area contributed by atoms with Crippen molar-refractivity contribution in [2.24, 2.45) is 11.8 Å². The second-order valence-electron chi connectivity index (χ2n) is 20.5. The molecule has 5 heteroatoms. The van der Waals surface area contributed by atoms with Crippen LogP contribution >= 0.6 is 0 Å². The third kappa shape index (κ3) is 16.1. The topological polar surface area (TPSA) is 9.72 Å². The summed E-state index contributed by atoms with van der Waals surface area (Å²) in [4.78, 5) is 7.81. The molecule has 374 valence electrons. The molecule has 0 spiro atoms. The predicted octanol–water partition coefficient (Wildman–Crippen LogP) is 15.8. The fourth-order valence-electron chi connectivity index (χ4n) is 10.9. The molecular weight excluding hydrogens is 873 g/mol. The molecule has 4 unspecified atom stereocenters. The number of hydrogen-bond donors (Lipinski definition) is 0. The Bertz CT molecular complexity index is 2500. The molecule has 2 aliphatic heterocycles. The van der Waals surface area contributed by atoms with Crippen LogP contribution in [-0.2, 0) is 12.8 Å². The van der Waals surface area contributed by atoms with E-state index in [1.807, 2.05) is 30.3 Å². The van der Waals surface area contributed by atoms with Gasteiger partial charge in [0.05, 0.1) is 12.0 Å². The normalized spacial score (nSPS) is 18.6. The fourth-order valence-corrected chi connectivity index (χ4v) is 10.9. The first-order valence-corrected chi connectivity index (χ1v) is 27.1. The number of halogens is 2. The minimum atomic E-state index is -0.219. The van der Waals surface area contributed by atoms with E-state index >= 15 is 0 Å². The molecule has 3 aliphatic rings. The van der Waals surface area contributed by atoms with Crippen LogP contribution in [0.5, 0.6) is 0 Å². The maximum Gasteiger partial charge on any atom is 0.123 e. The van der Waals surface area contributed by atoms with Crippen molar-refractivity contribution in [1.29, 1.82) is 0 Å². The number of piperazine rings is 1. The van der Waals surface area contributed by atoms with Crippen molar-refractivity contribution in [2.75, 3.05) is 52.4 Å². The Labute approximate surface area is 427 Å². The number of hydrogen-bond acceptors (Lipinski definition) is 3. The van der Waals surface area contributed by atoms with Crippen molar-refractivity contribution in [1.82, 2.24) is 14.7 Å². The zero-order valence-electron chi connectivity index (χ0n) is 43.5. The molecule has 0 N–H and O–H groups in total. The monoisotopic (exact) mass is 954 g/mol. The molecule has 0 saturated carbocycles. The summed E-state index contributed by atoms with van der Waals surface area (Å²) in [6, 6.07) is 40.2. The molecule has 3 nitrogen and oxygen atoms in total. The van der Waals surface area contributed by atoms with Crippen LogP contribution in [0.2, 0.25) is 0 Å². The summed E-state index contributed by atoms with van der Waals surface area (Å²) in [5.41, 5.74) is 12.9. The van der Waals surface area contributed by atoms with E-state index < -0.39 is 0 Å². The number of likely N-dealkylation sites (tertiary alicyclic amines) is 1. The molecule has 4 atom stereocenters. The van der Waals surface area contributed by atoms with Gasteiger partial charge in [0.2, 0.25) is 0 Å². The summed E-state index contributed by atoms with van der Waals surface area (Å²) in [6.07, 6.45) is 20.7.